The zero-order valence-electron chi connectivity index (χ0n) is 14.7. The summed E-state index contributed by atoms with van der Waals surface area (Å²) in [6.45, 7) is 4.78. The smallest absolute Gasteiger partial charge is 0.321 e. The van der Waals surface area contributed by atoms with Gasteiger partial charge < -0.3 is 19.8 Å². The molecule has 7 heteroatoms. The van der Waals surface area contributed by atoms with Crippen molar-refractivity contribution in [2.24, 2.45) is 0 Å². The fourth-order valence-corrected chi connectivity index (χ4v) is 2.70. The molecule has 0 spiro atoms. The summed E-state index contributed by atoms with van der Waals surface area (Å²) in [7, 11) is 0. The fraction of sp³-hybridized carbons (Fsp3) is 0.500. The minimum Gasteiger partial charge on any atom is -0.395 e. The Bertz CT molecular complexity index is 734. The lowest BCUT2D eigenvalue weighted by Gasteiger charge is -2.22. The van der Waals surface area contributed by atoms with Crippen LogP contribution in [0.3, 0.4) is 0 Å². The molecular formula is C18H24N4O3. The number of anilines is 1. The van der Waals surface area contributed by atoms with Gasteiger partial charge in [0.2, 0.25) is 0 Å². The number of aryl methyl sites for hydroxylation is 1. The Hall–Kier alpha value is -2.41. The van der Waals surface area contributed by atoms with Gasteiger partial charge in [0, 0.05) is 19.0 Å². The summed E-state index contributed by atoms with van der Waals surface area (Å²) in [5.74, 6) is 1.57. The number of rotatable bonds is 7. The average Bonchev–Trinajstić information content (AvgIpc) is 3.33. The van der Waals surface area contributed by atoms with Crippen LogP contribution in [0.4, 0.5) is 10.5 Å². The van der Waals surface area contributed by atoms with Crippen LogP contribution in [0.2, 0.25) is 0 Å². The molecule has 1 aliphatic carbocycles. The Morgan fingerprint density at radius 3 is 2.88 bits per heavy atom. The number of hydrogen-bond donors (Lipinski definition) is 2. The van der Waals surface area contributed by atoms with Gasteiger partial charge in [-0.05, 0) is 38.3 Å². The Morgan fingerprint density at radius 1 is 1.40 bits per heavy atom. The van der Waals surface area contributed by atoms with E-state index in [0.29, 0.717) is 36.1 Å². The first-order valence-corrected chi connectivity index (χ1v) is 8.73. The lowest BCUT2D eigenvalue weighted by molar-refractivity contribution is 0.188. The van der Waals surface area contributed by atoms with Crippen molar-refractivity contribution in [2.45, 2.75) is 39.0 Å². The molecule has 134 valence electrons. The third kappa shape index (κ3) is 4.17. The number of urea groups is 1. The molecular weight excluding hydrogens is 320 g/mol. The van der Waals surface area contributed by atoms with Crippen molar-refractivity contribution < 1.29 is 14.4 Å². The van der Waals surface area contributed by atoms with Gasteiger partial charge in [0.25, 0.3) is 5.89 Å². The number of nitrogens with zero attached hydrogens (tertiary/aromatic N) is 3. The summed E-state index contributed by atoms with van der Waals surface area (Å²) in [4.78, 5) is 18.6. The monoisotopic (exact) mass is 344 g/mol. The highest BCUT2D eigenvalue weighted by Gasteiger charge is 2.29. The SMILES string of the molecule is CCCN(CCO)C(=O)Nc1ccc(C)cc1-c1nc(C2CC2)no1. The van der Waals surface area contributed by atoms with Crippen LogP contribution in [-0.4, -0.2) is 45.9 Å². The number of carbonyl (C=O) groups excluding carboxylic acids is 1. The zero-order valence-corrected chi connectivity index (χ0v) is 14.7. The lowest BCUT2D eigenvalue weighted by Crippen LogP contribution is -2.37. The van der Waals surface area contributed by atoms with Crippen LogP contribution in [-0.2, 0) is 0 Å². The number of hydrogen-bond acceptors (Lipinski definition) is 5. The van der Waals surface area contributed by atoms with Gasteiger partial charge in [-0.15, -0.1) is 0 Å². The quantitative estimate of drug-likeness (QED) is 0.805. The van der Waals surface area contributed by atoms with Crippen molar-refractivity contribution in [3.8, 4) is 11.5 Å². The first-order valence-electron chi connectivity index (χ1n) is 8.73. The Balaban J connectivity index is 1.84. The summed E-state index contributed by atoms with van der Waals surface area (Å²) >= 11 is 0. The van der Waals surface area contributed by atoms with Crippen LogP contribution in [0.1, 0.15) is 43.5 Å². The summed E-state index contributed by atoms with van der Waals surface area (Å²) in [5, 5.41) is 16.1. The molecule has 25 heavy (non-hydrogen) atoms. The maximum absolute atomic E-state index is 12.5. The van der Waals surface area contributed by atoms with Crippen molar-refractivity contribution in [1.82, 2.24) is 15.0 Å². The Kier molecular flexibility index (Phi) is 5.33. The van der Waals surface area contributed by atoms with Crippen LogP contribution in [0.5, 0.6) is 0 Å². The van der Waals surface area contributed by atoms with Gasteiger partial charge in [0.15, 0.2) is 5.82 Å². The third-order valence-electron chi connectivity index (χ3n) is 4.18. The number of nitrogens with one attached hydrogen (secondary N) is 1. The molecule has 1 aromatic heterocycles. The summed E-state index contributed by atoms with van der Waals surface area (Å²) in [5.41, 5.74) is 2.38. The van der Waals surface area contributed by atoms with Gasteiger partial charge in [-0.25, -0.2) is 4.79 Å². The van der Waals surface area contributed by atoms with Crippen molar-refractivity contribution in [2.75, 3.05) is 25.0 Å². The van der Waals surface area contributed by atoms with Crippen LogP contribution in [0, 0.1) is 6.92 Å². The second-order valence-corrected chi connectivity index (χ2v) is 6.42. The second kappa shape index (κ2) is 7.65. The molecule has 0 bridgehead atoms. The highest BCUT2D eigenvalue weighted by molar-refractivity contribution is 5.93. The minimum atomic E-state index is -0.247. The molecule has 0 unspecified atom stereocenters. The third-order valence-corrected chi connectivity index (χ3v) is 4.18. The van der Waals surface area contributed by atoms with Gasteiger partial charge in [0.1, 0.15) is 0 Å². The van der Waals surface area contributed by atoms with Crippen molar-refractivity contribution in [3.05, 3.63) is 29.6 Å². The molecule has 2 N–H and O–H groups in total. The Morgan fingerprint density at radius 2 is 2.20 bits per heavy atom. The molecule has 7 nitrogen and oxygen atoms in total. The molecule has 3 rings (SSSR count). The van der Waals surface area contributed by atoms with E-state index < -0.39 is 0 Å². The topological polar surface area (TPSA) is 91.5 Å². The number of amides is 2. The van der Waals surface area contributed by atoms with Crippen LogP contribution < -0.4 is 5.32 Å². The summed E-state index contributed by atoms with van der Waals surface area (Å²) < 4.78 is 5.42. The second-order valence-electron chi connectivity index (χ2n) is 6.42. The predicted octanol–water partition coefficient (Wildman–Crippen LogP) is 3.16. The van der Waals surface area contributed by atoms with E-state index in [4.69, 9.17) is 9.63 Å². The van der Waals surface area contributed by atoms with E-state index in [0.717, 1.165) is 30.7 Å². The van der Waals surface area contributed by atoms with E-state index in [1.165, 1.54) is 0 Å². The predicted molar refractivity (Wildman–Crippen MR) is 94.4 cm³/mol. The van der Waals surface area contributed by atoms with Crippen LogP contribution >= 0.6 is 0 Å². The molecule has 2 amide bonds. The minimum absolute atomic E-state index is 0.0669. The van der Waals surface area contributed by atoms with Gasteiger partial charge in [-0.1, -0.05) is 23.7 Å². The number of aromatic nitrogens is 2. The molecule has 1 saturated carbocycles. The Labute approximate surface area is 147 Å². The molecule has 0 atom stereocenters. The van der Waals surface area contributed by atoms with Gasteiger partial charge in [-0.3, -0.25) is 0 Å². The van der Waals surface area contributed by atoms with E-state index >= 15 is 0 Å². The molecule has 0 radical (unpaired) electrons. The van der Waals surface area contributed by atoms with Crippen molar-refractivity contribution >= 4 is 11.7 Å². The number of benzene rings is 1. The molecule has 0 saturated heterocycles. The highest BCUT2D eigenvalue weighted by atomic mass is 16.5. The van der Waals surface area contributed by atoms with Crippen LogP contribution in [0.25, 0.3) is 11.5 Å². The first kappa shape index (κ1) is 17.4. The standard InChI is InChI=1S/C18H24N4O3/c1-3-8-22(9-10-23)18(24)19-15-7-4-12(2)11-14(15)17-20-16(21-25-17)13-5-6-13/h4,7,11,13,23H,3,5-6,8-10H2,1-2H3,(H,19,24). The van der Waals surface area contributed by atoms with Gasteiger partial charge >= 0.3 is 6.03 Å². The molecule has 1 fully saturated rings. The average molecular weight is 344 g/mol. The number of aliphatic hydroxyl groups excluding tert-OH is 1. The summed E-state index contributed by atoms with van der Waals surface area (Å²) in [6, 6.07) is 5.44. The summed E-state index contributed by atoms with van der Waals surface area (Å²) in [6.07, 6.45) is 3.02. The number of aliphatic hydroxyl groups is 1. The molecule has 1 heterocycles. The van der Waals surface area contributed by atoms with Gasteiger partial charge in [0.05, 0.1) is 17.9 Å². The highest BCUT2D eigenvalue weighted by Crippen LogP contribution is 2.39. The number of carbonyl (C=O) groups is 1. The maximum atomic E-state index is 12.5. The van der Waals surface area contributed by atoms with E-state index in [-0.39, 0.29) is 12.6 Å². The van der Waals surface area contributed by atoms with Gasteiger partial charge in [-0.2, -0.15) is 4.98 Å². The van der Waals surface area contributed by atoms with E-state index in [1.807, 2.05) is 32.0 Å². The molecule has 0 aliphatic heterocycles. The van der Waals surface area contributed by atoms with Crippen molar-refractivity contribution in [3.63, 3.8) is 0 Å². The normalized spacial score (nSPS) is 13.7. The molecule has 1 aliphatic rings. The maximum Gasteiger partial charge on any atom is 0.321 e. The largest absolute Gasteiger partial charge is 0.395 e. The lowest BCUT2D eigenvalue weighted by atomic mass is 10.1. The fourth-order valence-electron chi connectivity index (χ4n) is 2.70. The molecule has 2 aromatic rings. The van der Waals surface area contributed by atoms with E-state index in [1.54, 1.807) is 4.90 Å². The first-order chi connectivity index (χ1) is 12.1. The zero-order chi connectivity index (χ0) is 17.8. The van der Waals surface area contributed by atoms with Crippen molar-refractivity contribution in [1.29, 1.82) is 0 Å². The van der Waals surface area contributed by atoms with E-state index in [2.05, 4.69) is 15.5 Å². The van der Waals surface area contributed by atoms with E-state index in [9.17, 15) is 4.79 Å². The van der Waals surface area contributed by atoms with Crippen LogP contribution in [0.15, 0.2) is 22.7 Å². The molecule has 1 aromatic carbocycles.